The summed E-state index contributed by atoms with van der Waals surface area (Å²) in [5.74, 6) is 3.87. The Hall–Kier alpha value is -0.370. The molecule has 5 rings (SSSR count). The van der Waals surface area contributed by atoms with Crippen LogP contribution in [0.15, 0.2) is 0 Å². The van der Waals surface area contributed by atoms with Crippen molar-refractivity contribution in [2.24, 2.45) is 34.5 Å². The maximum Gasteiger partial charge on any atom is 0.170 e. The van der Waals surface area contributed by atoms with Crippen LogP contribution in [-0.2, 0) is 9.53 Å². The second kappa shape index (κ2) is 4.13. The van der Waals surface area contributed by atoms with Gasteiger partial charge in [0.15, 0.2) is 5.78 Å². The molecule has 1 spiro atoms. The van der Waals surface area contributed by atoms with Crippen LogP contribution in [0.25, 0.3) is 0 Å². The van der Waals surface area contributed by atoms with Gasteiger partial charge < -0.3 is 4.74 Å². The van der Waals surface area contributed by atoms with Crippen LogP contribution in [0, 0.1) is 34.5 Å². The summed E-state index contributed by atoms with van der Waals surface area (Å²) < 4.78 is 5.79. The fourth-order valence-electron chi connectivity index (χ4n) is 7.52. The van der Waals surface area contributed by atoms with Crippen LogP contribution in [-0.4, -0.2) is 18.5 Å². The third kappa shape index (κ3) is 1.46. The molecule has 21 heavy (non-hydrogen) atoms. The molecule has 1 saturated heterocycles. The predicted octanol–water partition coefficient (Wildman–Crippen LogP) is 3.98. The third-order valence-electron chi connectivity index (χ3n) is 8.58. The Morgan fingerprint density at radius 1 is 1.05 bits per heavy atom. The van der Waals surface area contributed by atoms with Gasteiger partial charge in [0.2, 0.25) is 0 Å². The average Bonchev–Trinajstić information content (AvgIpc) is 2.96. The Morgan fingerprint density at radius 3 is 2.81 bits per heavy atom. The summed E-state index contributed by atoms with van der Waals surface area (Å²) >= 11 is 0. The maximum absolute atomic E-state index is 12.6. The molecule has 0 aromatic carbocycles. The molecular formula is C19H28O2. The normalized spacial score (nSPS) is 58.5. The number of rotatable bonds is 0. The molecular weight excluding hydrogens is 260 g/mol. The maximum atomic E-state index is 12.6. The number of carbonyl (C=O) groups is 1. The monoisotopic (exact) mass is 288 g/mol. The van der Waals surface area contributed by atoms with Gasteiger partial charge >= 0.3 is 0 Å². The molecule has 2 nitrogen and oxygen atoms in total. The highest BCUT2D eigenvalue weighted by atomic mass is 16.5. The molecule has 7 atom stereocenters. The van der Waals surface area contributed by atoms with Crippen LogP contribution in [0.4, 0.5) is 0 Å². The molecule has 2 bridgehead atoms. The van der Waals surface area contributed by atoms with E-state index in [-0.39, 0.29) is 11.5 Å². The summed E-state index contributed by atoms with van der Waals surface area (Å²) in [5.41, 5.74) is 0.554. The highest BCUT2D eigenvalue weighted by Crippen LogP contribution is 2.67. The summed E-state index contributed by atoms with van der Waals surface area (Å²) in [5, 5.41) is 0. The minimum Gasteiger partial charge on any atom is -0.369 e. The fourth-order valence-corrected chi connectivity index (χ4v) is 7.52. The van der Waals surface area contributed by atoms with Gasteiger partial charge in [-0.05, 0) is 74.0 Å². The van der Waals surface area contributed by atoms with Crippen LogP contribution in [0.2, 0.25) is 0 Å². The number of hydrogen-bond acceptors (Lipinski definition) is 2. The second-order valence-corrected chi connectivity index (χ2v) is 9.00. The van der Waals surface area contributed by atoms with E-state index in [1.54, 1.807) is 0 Å². The summed E-state index contributed by atoms with van der Waals surface area (Å²) in [6.45, 7) is 3.36. The zero-order chi connectivity index (χ0) is 14.2. The summed E-state index contributed by atoms with van der Waals surface area (Å²) in [6, 6.07) is 0. The van der Waals surface area contributed by atoms with Gasteiger partial charge in [0.25, 0.3) is 0 Å². The third-order valence-corrected chi connectivity index (χ3v) is 8.58. The summed E-state index contributed by atoms with van der Waals surface area (Å²) in [4.78, 5) is 12.6. The molecule has 2 heteroatoms. The van der Waals surface area contributed by atoms with Gasteiger partial charge in [-0.15, -0.1) is 0 Å². The number of carbonyl (C=O) groups excluding carboxylic acids is 1. The van der Waals surface area contributed by atoms with Crippen molar-refractivity contribution in [2.75, 3.05) is 6.61 Å². The van der Waals surface area contributed by atoms with E-state index in [0.29, 0.717) is 17.1 Å². The smallest absolute Gasteiger partial charge is 0.170 e. The molecule has 5 fully saturated rings. The SMILES string of the molecule is C[C@]12CCCCC1CC[C@H]1[C@@H]3CC4OC[C@@]3(CC[C@@H]12)C4=O. The Balaban J connectivity index is 1.50. The van der Waals surface area contributed by atoms with Crippen molar-refractivity contribution in [3.8, 4) is 0 Å². The Morgan fingerprint density at radius 2 is 1.95 bits per heavy atom. The highest BCUT2D eigenvalue weighted by molar-refractivity contribution is 5.93. The Labute approximate surface area is 128 Å². The number of ketones is 1. The first-order valence-corrected chi connectivity index (χ1v) is 9.31. The Bertz CT molecular complexity index is 486. The zero-order valence-corrected chi connectivity index (χ0v) is 13.3. The lowest BCUT2D eigenvalue weighted by Gasteiger charge is -2.59. The second-order valence-electron chi connectivity index (χ2n) is 9.00. The van der Waals surface area contributed by atoms with Gasteiger partial charge in [-0.2, -0.15) is 0 Å². The van der Waals surface area contributed by atoms with Gasteiger partial charge in [-0.25, -0.2) is 0 Å². The van der Waals surface area contributed by atoms with Crippen LogP contribution >= 0.6 is 0 Å². The van der Waals surface area contributed by atoms with Crippen molar-refractivity contribution in [3.05, 3.63) is 0 Å². The Kier molecular flexibility index (Phi) is 2.58. The molecule has 4 aliphatic carbocycles. The lowest BCUT2D eigenvalue weighted by molar-refractivity contribution is -0.141. The zero-order valence-electron chi connectivity index (χ0n) is 13.3. The molecule has 0 N–H and O–H groups in total. The molecule has 0 aromatic rings. The number of fused-ring (bicyclic) bond motifs is 5. The van der Waals surface area contributed by atoms with E-state index < -0.39 is 0 Å². The number of Topliss-reactive ketones (excluding diaryl/α,β-unsaturated/α-hetero) is 1. The van der Waals surface area contributed by atoms with E-state index in [9.17, 15) is 4.79 Å². The molecule has 116 valence electrons. The van der Waals surface area contributed by atoms with E-state index >= 15 is 0 Å². The average molecular weight is 288 g/mol. The van der Waals surface area contributed by atoms with E-state index in [1.807, 2.05) is 0 Å². The largest absolute Gasteiger partial charge is 0.369 e. The lowest BCUT2D eigenvalue weighted by atomic mass is 9.45. The van der Waals surface area contributed by atoms with E-state index in [2.05, 4.69) is 6.92 Å². The molecule has 1 aliphatic heterocycles. The van der Waals surface area contributed by atoms with Gasteiger partial charge in [0, 0.05) is 0 Å². The first-order chi connectivity index (χ1) is 10.2. The predicted molar refractivity (Wildman–Crippen MR) is 80.8 cm³/mol. The molecule has 4 saturated carbocycles. The van der Waals surface area contributed by atoms with Crippen molar-refractivity contribution in [2.45, 2.75) is 70.8 Å². The first-order valence-electron chi connectivity index (χ1n) is 9.31. The minimum atomic E-state index is -0.0380. The van der Waals surface area contributed by atoms with Crippen molar-refractivity contribution in [1.82, 2.24) is 0 Å². The van der Waals surface area contributed by atoms with E-state index in [1.165, 1.54) is 44.9 Å². The number of ether oxygens (including phenoxy) is 1. The van der Waals surface area contributed by atoms with E-state index in [4.69, 9.17) is 4.74 Å². The quantitative estimate of drug-likeness (QED) is 0.674. The van der Waals surface area contributed by atoms with Crippen molar-refractivity contribution in [3.63, 3.8) is 0 Å². The lowest BCUT2D eigenvalue weighted by Crippen LogP contribution is -2.54. The molecule has 0 radical (unpaired) electrons. The van der Waals surface area contributed by atoms with Crippen LogP contribution < -0.4 is 0 Å². The van der Waals surface area contributed by atoms with Gasteiger partial charge in [0.05, 0.1) is 12.0 Å². The molecule has 0 aromatic heterocycles. The van der Waals surface area contributed by atoms with E-state index in [0.717, 1.165) is 37.2 Å². The summed E-state index contributed by atoms with van der Waals surface area (Å²) in [6.07, 6.45) is 12.1. The molecule has 0 amide bonds. The van der Waals surface area contributed by atoms with Gasteiger partial charge in [-0.1, -0.05) is 19.8 Å². The van der Waals surface area contributed by atoms with Gasteiger partial charge in [-0.3, -0.25) is 4.79 Å². The molecule has 2 unspecified atom stereocenters. The number of hydrogen-bond donors (Lipinski definition) is 0. The van der Waals surface area contributed by atoms with Gasteiger partial charge in [0.1, 0.15) is 6.10 Å². The molecule has 1 heterocycles. The summed E-state index contributed by atoms with van der Waals surface area (Å²) in [7, 11) is 0. The van der Waals surface area contributed by atoms with Crippen LogP contribution in [0.3, 0.4) is 0 Å². The fraction of sp³-hybridized carbons (Fsp3) is 0.947. The van der Waals surface area contributed by atoms with Crippen molar-refractivity contribution in [1.29, 1.82) is 0 Å². The molecule has 5 aliphatic rings. The van der Waals surface area contributed by atoms with Crippen LogP contribution in [0.5, 0.6) is 0 Å². The first kappa shape index (κ1) is 13.1. The highest BCUT2D eigenvalue weighted by Gasteiger charge is 2.67. The topological polar surface area (TPSA) is 26.3 Å². The van der Waals surface area contributed by atoms with Crippen molar-refractivity contribution >= 4 is 5.78 Å². The minimum absolute atomic E-state index is 0.0226. The van der Waals surface area contributed by atoms with Crippen LogP contribution in [0.1, 0.15) is 64.7 Å². The standard InChI is InChI=1S/C19H28O2/c1-18-8-3-2-4-12(18)5-6-13-14(18)7-9-19-11-21-16(17(19)20)10-15(13)19/h12-16H,2-11H2,1H3/t12?,13-,14+,15+,16?,18+,19-/m1/s1. The van der Waals surface area contributed by atoms with Crippen molar-refractivity contribution < 1.29 is 9.53 Å².